The molecule has 2 aromatic rings. The summed E-state index contributed by atoms with van der Waals surface area (Å²) in [5.74, 6) is 0.0675. The van der Waals surface area contributed by atoms with E-state index in [1.54, 1.807) is 0 Å². The molecule has 3 heterocycles. The van der Waals surface area contributed by atoms with Crippen molar-refractivity contribution in [2.75, 3.05) is 6.61 Å². The van der Waals surface area contributed by atoms with Crippen molar-refractivity contribution < 1.29 is 61.4 Å². The molecule has 0 spiro atoms. The number of halogens is 1. The Morgan fingerprint density at radius 3 is 2.39 bits per heavy atom. The first kappa shape index (κ1) is 26.4. The molecular formula is C11H15ClN5O13P3. The second-order valence-corrected chi connectivity index (χ2v) is 11.0. The normalized spacial score (nSPS) is 27.4. The molecule has 6 N–H and O–H groups in total. The number of rotatable bonds is 9. The first-order chi connectivity index (χ1) is 15.1. The minimum atomic E-state index is -5.73. The Morgan fingerprint density at radius 2 is 1.79 bits per heavy atom. The zero-order valence-electron chi connectivity index (χ0n) is 15.8. The summed E-state index contributed by atoms with van der Waals surface area (Å²) in [5.41, 5.74) is 0.140. The van der Waals surface area contributed by atoms with Gasteiger partial charge in [-0.2, -0.15) is 8.62 Å². The molecule has 1 aliphatic rings. The van der Waals surface area contributed by atoms with Crippen molar-refractivity contribution in [1.29, 1.82) is 0 Å². The van der Waals surface area contributed by atoms with Crippen LogP contribution in [0.25, 0.3) is 11.2 Å². The van der Waals surface area contributed by atoms with Gasteiger partial charge in [-0.1, -0.05) is 0 Å². The summed E-state index contributed by atoms with van der Waals surface area (Å²) in [6.45, 7) is 2.32. The lowest BCUT2D eigenvalue weighted by Crippen LogP contribution is -2.33. The van der Waals surface area contributed by atoms with E-state index in [4.69, 9.17) is 31.0 Å². The highest BCUT2D eigenvalue weighted by Crippen LogP contribution is 2.66. The average molecular weight is 554 g/mol. The number of hydrogen-bond donors (Lipinski definition) is 6. The molecule has 1 fully saturated rings. The van der Waals surface area contributed by atoms with Crippen LogP contribution in [-0.4, -0.2) is 80.9 Å². The third kappa shape index (κ3) is 6.08. The highest BCUT2D eigenvalue weighted by molar-refractivity contribution is 7.66. The Hall–Kier alpha value is -1.20. The predicted octanol–water partition coefficient (Wildman–Crippen LogP) is -0.226. The van der Waals surface area contributed by atoms with Crippen molar-refractivity contribution >= 4 is 58.8 Å². The van der Waals surface area contributed by atoms with Gasteiger partial charge in [0.25, 0.3) is 0 Å². The van der Waals surface area contributed by atoms with Crippen molar-refractivity contribution in [3.8, 4) is 0 Å². The first-order valence-corrected chi connectivity index (χ1v) is 13.2. The van der Waals surface area contributed by atoms with E-state index in [0.29, 0.717) is 0 Å². The van der Waals surface area contributed by atoms with Crippen molar-refractivity contribution in [2.45, 2.75) is 24.5 Å². The number of phosphoric acid groups is 3. The Balaban J connectivity index is 1.75. The van der Waals surface area contributed by atoms with Gasteiger partial charge < -0.3 is 34.5 Å². The van der Waals surface area contributed by atoms with Gasteiger partial charge in [-0.15, -0.1) is 0 Å². The van der Waals surface area contributed by atoms with Crippen molar-refractivity contribution in [2.24, 2.45) is 4.99 Å². The van der Waals surface area contributed by atoms with Gasteiger partial charge >= 0.3 is 23.5 Å². The third-order valence-corrected chi connectivity index (χ3v) is 8.04. The standard InChI is InChI=1S/C11H15ClN5O13P3/c1-13-8-5-9(15-3-14-8)17(11(12)16-5)10-7(19)6(18)4(28-10)2-27-32(23,24)30-33(25,26)29-31(20,21)22/h3-4,6-7,10,18-19H,1-2H2,(H,23,24)(H,25,26)(H2,20,21,22). The lowest BCUT2D eigenvalue weighted by Gasteiger charge is -2.19. The molecule has 6 unspecified atom stereocenters. The summed E-state index contributed by atoms with van der Waals surface area (Å²) in [6.07, 6.45) is -5.29. The van der Waals surface area contributed by atoms with Gasteiger partial charge in [0.1, 0.15) is 24.6 Å². The molecule has 0 aliphatic carbocycles. The molecule has 6 atom stereocenters. The fraction of sp³-hybridized carbons (Fsp3) is 0.455. The van der Waals surface area contributed by atoms with Crippen molar-refractivity contribution in [1.82, 2.24) is 19.5 Å². The summed E-state index contributed by atoms with van der Waals surface area (Å²) < 4.78 is 51.9. The molecule has 184 valence electrons. The number of aromatic nitrogens is 4. The fourth-order valence-electron chi connectivity index (χ4n) is 2.76. The monoisotopic (exact) mass is 553 g/mol. The molecule has 33 heavy (non-hydrogen) atoms. The van der Waals surface area contributed by atoms with E-state index < -0.39 is 54.6 Å². The summed E-state index contributed by atoms with van der Waals surface area (Å²) >= 11 is 6.09. The number of imidazole rings is 1. The van der Waals surface area contributed by atoms with Crippen LogP contribution in [0, 0.1) is 0 Å². The summed E-state index contributed by atoms with van der Waals surface area (Å²) in [5, 5.41) is 20.4. The summed E-state index contributed by atoms with van der Waals surface area (Å²) in [4.78, 5) is 51.2. The number of phosphoric ester groups is 1. The molecule has 1 aliphatic heterocycles. The number of hydrogen-bond acceptors (Lipinski definition) is 13. The molecule has 0 radical (unpaired) electrons. The molecule has 22 heteroatoms. The second kappa shape index (κ2) is 9.45. The van der Waals surface area contributed by atoms with E-state index in [1.807, 2.05) is 0 Å². The maximum absolute atomic E-state index is 11.8. The minimum absolute atomic E-state index is 0.0437. The fourth-order valence-corrected chi connectivity index (χ4v) is 6.05. The Bertz CT molecular complexity index is 1200. The maximum Gasteiger partial charge on any atom is 0.490 e. The van der Waals surface area contributed by atoms with Crippen LogP contribution in [0.5, 0.6) is 0 Å². The van der Waals surface area contributed by atoms with Crippen LogP contribution in [-0.2, 0) is 31.6 Å². The molecule has 0 bridgehead atoms. The largest absolute Gasteiger partial charge is 0.490 e. The van der Waals surface area contributed by atoms with Gasteiger partial charge in [0.2, 0.25) is 5.28 Å². The number of aliphatic hydroxyl groups is 2. The average Bonchev–Trinajstić information content (AvgIpc) is 3.13. The van der Waals surface area contributed by atoms with E-state index >= 15 is 0 Å². The van der Waals surface area contributed by atoms with Crippen LogP contribution in [0.4, 0.5) is 5.82 Å². The van der Waals surface area contributed by atoms with Crippen LogP contribution in [0.3, 0.4) is 0 Å². The number of ether oxygens (including phenoxy) is 1. The maximum atomic E-state index is 11.8. The topological polar surface area (TPSA) is 265 Å². The highest BCUT2D eigenvalue weighted by atomic mass is 35.5. The Labute approximate surface area is 187 Å². The minimum Gasteiger partial charge on any atom is -0.387 e. The number of fused-ring (bicyclic) bond motifs is 1. The number of nitrogens with zero attached hydrogens (tertiary/aromatic N) is 5. The number of aliphatic imine (C=N–C) groups is 1. The van der Waals surface area contributed by atoms with Crippen LogP contribution in [0.15, 0.2) is 11.3 Å². The summed E-state index contributed by atoms with van der Waals surface area (Å²) in [7, 11) is -16.8. The zero-order valence-corrected chi connectivity index (χ0v) is 19.2. The second-order valence-electron chi connectivity index (χ2n) is 6.21. The van der Waals surface area contributed by atoms with E-state index in [9.17, 15) is 28.8 Å². The van der Waals surface area contributed by atoms with Crippen LogP contribution in [0.2, 0.25) is 5.28 Å². The van der Waals surface area contributed by atoms with E-state index in [-0.39, 0.29) is 22.3 Å². The van der Waals surface area contributed by atoms with Gasteiger partial charge in [0.15, 0.2) is 23.2 Å². The molecular weight excluding hydrogens is 539 g/mol. The van der Waals surface area contributed by atoms with E-state index in [1.165, 1.54) is 0 Å². The molecule has 18 nitrogen and oxygen atoms in total. The van der Waals surface area contributed by atoms with Crippen LogP contribution >= 0.6 is 35.1 Å². The SMILES string of the molecule is C=Nc1ncnc2c1nc(Cl)n2C1OC(COP(=O)(O)OP(=O)(O)OP(=O)(O)O)C(O)C1O. The van der Waals surface area contributed by atoms with Gasteiger partial charge in [0.05, 0.1) is 6.61 Å². The van der Waals surface area contributed by atoms with Crippen molar-refractivity contribution in [3.05, 3.63) is 11.6 Å². The van der Waals surface area contributed by atoms with Gasteiger partial charge in [-0.25, -0.2) is 33.6 Å². The Kier molecular flexibility index (Phi) is 7.56. The lowest BCUT2D eigenvalue weighted by atomic mass is 10.1. The molecule has 3 rings (SSSR count). The summed E-state index contributed by atoms with van der Waals surface area (Å²) in [6, 6.07) is 0. The van der Waals surface area contributed by atoms with Crippen LogP contribution in [0.1, 0.15) is 6.23 Å². The molecule has 0 aromatic carbocycles. The van der Waals surface area contributed by atoms with Gasteiger partial charge in [-0.05, 0) is 18.3 Å². The van der Waals surface area contributed by atoms with E-state index in [2.05, 4.69) is 39.8 Å². The molecule has 1 saturated heterocycles. The van der Waals surface area contributed by atoms with Gasteiger partial charge in [-0.3, -0.25) is 9.09 Å². The molecule has 2 aromatic heterocycles. The Morgan fingerprint density at radius 1 is 1.12 bits per heavy atom. The quantitative estimate of drug-likeness (QED) is 0.133. The van der Waals surface area contributed by atoms with Gasteiger partial charge in [0, 0.05) is 0 Å². The zero-order chi connectivity index (χ0) is 24.8. The third-order valence-electron chi connectivity index (χ3n) is 3.97. The molecule has 0 amide bonds. The molecule has 0 saturated carbocycles. The van der Waals surface area contributed by atoms with E-state index in [0.717, 1.165) is 10.9 Å². The lowest BCUT2D eigenvalue weighted by molar-refractivity contribution is -0.0501. The predicted molar refractivity (Wildman–Crippen MR) is 105 cm³/mol. The number of aliphatic hydroxyl groups excluding tert-OH is 2. The highest BCUT2D eigenvalue weighted by Gasteiger charge is 2.47. The smallest absolute Gasteiger partial charge is 0.387 e. The first-order valence-electron chi connectivity index (χ1n) is 8.29. The van der Waals surface area contributed by atoms with Crippen molar-refractivity contribution in [3.63, 3.8) is 0 Å². The van der Waals surface area contributed by atoms with Crippen LogP contribution < -0.4 is 0 Å².